The number of hydrogen-bond acceptors (Lipinski definition) is 3. The molecule has 1 aromatic carbocycles. The topological polar surface area (TPSA) is 37.8 Å². The Bertz CT molecular complexity index is 632. The number of halogens is 3. The highest BCUT2D eigenvalue weighted by molar-refractivity contribution is 9.10. The number of aryl methyl sites for hydroxylation is 1. The van der Waals surface area contributed by atoms with E-state index in [-0.39, 0.29) is 0 Å². The van der Waals surface area contributed by atoms with Gasteiger partial charge in [-0.2, -0.15) is 0 Å². The van der Waals surface area contributed by atoms with Crippen LogP contribution in [0.4, 0.5) is 5.82 Å². The molecule has 20 heavy (non-hydrogen) atoms. The molecule has 2 rings (SSSR count). The normalized spacial score (nSPS) is 10.7. The van der Waals surface area contributed by atoms with Crippen molar-refractivity contribution < 1.29 is 0 Å². The molecule has 0 spiro atoms. The number of anilines is 1. The van der Waals surface area contributed by atoms with Crippen LogP contribution in [-0.4, -0.2) is 16.5 Å². The maximum atomic E-state index is 6.23. The zero-order valence-corrected chi connectivity index (χ0v) is 14.3. The van der Waals surface area contributed by atoms with Crippen LogP contribution >= 0.6 is 39.1 Å². The van der Waals surface area contributed by atoms with Gasteiger partial charge >= 0.3 is 0 Å². The highest BCUT2D eigenvalue weighted by Crippen LogP contribution is 2.32. The van der Waals surface area contributed by atoms with Crippen LogP contribution in [0.5, 0.6) is 0 Å². The van der Waals surface area contributed by atoms with Crippen LogP contribution in [0.2, 0.25) is 10.0 Å². The van der Waals surface area contributed by atoms with Crippen LogP contribution in [0.1, 0.15) is 19.5 Å². The van der Waals surface area contributed by atoms with E-state index in [1.54, 1.807) is 12.1 Å². The van der Waals surface area contributed by atoms with E-state index in [9.17, 15) is 0 Å². The Labute approximate surface area is 136 Å². The van der Waals surface area contributed by atoms with E-state index in [2.05, 4.69) is 38.1 Å². The monoisotopic (exact) mass is 373 g/mol. The lowest BCUT2D eigenvalue weighted by Crippen LogP contribution is -2.06. The van der Waals surface area contributed by atoms with Crippen molar-refractivity contribution in [2.75, 3.05) is 11.9 Å². The van der Waals surface area contributed by atoms with E-state index >= 15 is 0 Å². The third kappa shape index (κ3) is 3.25. The molecule has 0 atom stereocenters. The van der Waals surface area contributed by atoms with Crippen molar-refractivity contribution in [3.05, 3.63) is 38.4 Å². The largest absolute Gasteiger partial charge is 0.369 e. The minimum absolute atomic E-state index is 0.546. The number of nitrogens with zero attached hydrogens (tertiary/aromatic N) is 2. The Morgan fingerprint density at radius 1 is 1.20 bits per heavy atom. The Hall–Kier alpha value is -0.840. The van der Waals surface area contributed by atoms with Gasteiger partial charge in [0.15, 0.2) is 5.82 Å². The van der Waals surface area contributed by atoms with Crippen LogP contribution in [-0.2, 0) is 6.42 Å². The van der Waals surface area contributed by atoms with Gasteiger partial charge in [0.2, 0.25) is 0 Å². The number of rotatable bonds is 4. The average Bonchev–Trinajstić information content (AvgIpc) is 2.41. The van der Waals surface area contributed by atoms with Crippen molar-refractivity contribution in [2.24, 2.45) is 0 Å². The second-order valence-electron chi connectivity index (χ2n) is 4.16. The van der Waals surface area contributed by atoms with Gasteiger partial charge < -0.3 is 5.32 Å². The van der Waals surface area contributed by atoms with Crippen molar-refractivity contribution in [3.8, 4) is 11.4 Å². The van der Waals surface area contributed by atoms with E-state index < -0.39 is 0 Å². The van der Waals surface area contributed by atoms with Crippen LogP contribution in [0.15, 0.2) is 22.7 Å². The molecule has 0 aliphatic carbocycles. The third-order valence-electron chi connectivity index (χ3n) is 2.77. The van der Waals surface area contributed by atoms with Crippen LogP contribution in [0, 0.1) is 0 Å². The molecule has 0 saturated heterocycles. The molecule has 0 radical (unpaired) electrons. The first kappa shape index (κ1) is 15.5. The lowest BCUT2D eigenvalue weighted by molar-refractivity contribution is 0.984. The fourth-order valence-electron chi connectivity index (χ4n) is 1.80. The minimum atomic E-state index is 0.546. The standard InChI is InChI=1S/C14H14BrCl2N3/c1-3-11-12(15)14(18-4-2)20-13(19-11)9-6-5-8(16)7-10(9)17/h5-7H,3-4H2,1-2H3,(H,18,19,20). The van der Waals surface area contributed by atoms with Crippen molar-refractivity contribution in [1.29, 1.82) is 0 Å². The lowest BCUT2D eigenvalue weighted by Gasteiger charge is -2.12. The molecule has 106 valence electrons. The molecule has 3 nitrogen and oxygen atoms in total. The zero-order valence-electron chi connectivity index (χ0n) is 11.2. The van der Waals surface area contributed by atoms with Gasteiger partial charge in [0.25, 0.3) is 0 Å². The van der Waals surface area contributed by atoms with Gasteiger partial charge in [0.1, 0.15) is 5.82 Å². The van der Waals surface area contributed by atoms with Crippen molar-refractivity contribution in [2.45, 2.75) is 20.3 Å². The zero-order chi connectivity index (χ0) is 14.7. The number of benzene rings is 1. The van der Waals surface area contributed by atoms with Crippen molar-refractivity contribution in [3.63, 3.8) is 0 Å². The van der Waals surface area contributed by atoms with Crippen molar-refractivity contribution >= 4 is 44.9 Å². The summed E-state index contributed by atoms with van der Waals surface area (Å²) in [5, 5.41) is 4.37. The number of aromatic nitrogens is 2. The van der Waals surface area contributed by atoms with Gasteiger partial charge in [-0.1, -0.05) is 30.1 Å². The molecule has 0 amide bonds. The van der Waals surface area contributed by atoms with Gasteiger partial charge in [0.05, 0.1) is 15.2 Å². The second kappa shape index (κ2) is 6.74. The average molecular weight is 375 g/mol. The van der Waals surface area contributed by atoms with E-state index in [1.807, 2.05) is 13.0 Å². The molecule has 0 fully saturated rings. The van der Waals surface area contributed by atoms with Gasteiger partial charge in [-0.05, 0) is 47.5 Å². The van der Waals surface area contributed by atoms with Gasteiger partial charge in [-0.3, -0.25) is 0 Å². The first-order chi connectivity index (χ1) is 9.56. The summed E-state index contributed by atoms with van der Waals surface area (Å²) >= 11 is 15.7. The molecule has 6 heteroatoms. The fraction of sp³-hybridized carbons (Fsp3) is 0.286. The Morgan fingerprint density at radius 3 is 2.55 bits per heavy atom. The summed E-state index contributed by atoms with van der Waals surface area (Å²) in [5.74, 6) is 1.38. The summed E-state index contributed by atoms with van der Waals surface area (Å²) in [7, 11) is 0. The van der Waals surface area contributed by atoms with E-state index in [0.717, 1.165) is 34.5 Å². The maximum absolute atomic E-state index is 6.23. The number of nitrogens with one attached hydrogen (secondary N) is 1. The molecular weight excluding hydrogens is 361 g/mol. The second-order valence-corrected chi connectivity index (χ2v) is 5.80. The summed E-state index contributed by atoms with van der Waals surface area (Å²) in [4.78, 5) is 9.10. The fourth-order valence-corrected chi connectivity index (χ4v) is 2.89. The molecule has 0 aliphatic heterocycles. The van der Waals surface area contributed by atoms with E-state index in [0.29, 0.717) is 15.9 Å². The first-order valence-electron chi connectivity index (χ1n) is 6.32. The third-order valence-corrected chi connectivity index (χ3v) is 4.15. The van der Waals surface area contributed by atoms with Crippen LogP contribution < -0.4 is 5.32 Å². The molecule has 1 aromatic heterocycles. The minimum Gasteiger partial charge on any atom is -0.369 e. The summed E-state index contributed by atoms with van der Waals surface area (Å²) in [6.45, 7) is 4.86. The summed E-state index contributed by atoms with van der Waals surface area (Å²) < 4.78 is 0.899. The summed E-state index contributed by atoms with van der Waals surface area (Å²) in [6.07, 6.45) is 0.805. The van der Waals surface area contributed by atoms with Gasteiger partial charge in [0, 0.05) is 17.1 Å². The molecule has 0 bridgehead atoms. The van der Waals surface area contributed by atoms with Crippen LogP contribution in [0.25, 0.3) is 11.4 Å². The molecule has 0 saturated carbocycles. The molecule has 1 heterocycles. The Balaban J connectivity index is 2.58. The molecular formula is C14H14BrCl2N3. The smallest absolute Gasteiger partial charge is 0.163 e. The predicted molar refractivity (Wildman–Crippen MR) is 88.7 cm³/mol. The van der Waals surface area contributed by atoms with Gasteiger partial charge in [-0.15, -0.1) is 0 Å². The Morgan fingerprint density at radius 2 is 1.95 bits per heavy atom. The Kier molecular flexibility index (Phi) is 5.24. The summed E-state index contributed by atoms with van der Waals surface area (Å²) in [5.41, 5.74) is 1.72. The highest BCUT2D eigenvalue weighted by atomic mass is 79.9. The predicted octanol–water partition coefficient (Wildman–Crippen LogP) is 5.21. The quantitative estimate of drug-likeness (QED) is 0.798. The molecule has 2 aromatic rings. The molecule has 1 N–H and O–H groups in total. The lowest BCUT2D eigenvalue weighted by atomic mass is 10.2. The summed E-state index contributed by atoms with van der Waals surface area (Å²) in [6, 6.07) is 5.32. The van der Waals surface area contributed by atoms with Crippen LogP contribution in [0.3, 0.4) is 0 Å². The van der Waals surface area contributed by atoms with Crippen molar-refractivity contribution in [1.82, 2.24) is 9.97 Å². The maximum Gasteiger partial charge on any atom is 0.163 e. The molecule has 0 unspecified atom stereocenters. The highest BCUT2D eigenvalue weighted by Gasteiger charge is 2.14. The molecule has 0 aliphatic rings. The number of hydrogen-bond donors (Lipinski definition) is 1. The van der Waals surface area contributed by atoms with E-state index in [1.165, 1.54) is 0 Å². The van der Waals surface area contributed by atoms with Gasteiger partial charge in [-0.25, -0.2) is 9.97 Å². The van der Waals surface area contributed by atoms with E-state index in [4.69, 9.17) is 23.2 Å². The SMILES string of the molecule is CCNc1nc(-c2ccc(Cl)cc2Cl)nc(CC)c1Br. The first-order valence-corrected chi connectivity index (χ1v) is 7.87.